The molecule has 0 saturated carbocycles. The van der Waals surface area contributed by atoms with Crippen molar-refractivity contribution in [2.45, 2.75) is 6.42 Å². The number of carboxylic acid groups (broad SMARTS) is 1. The van der Waals surface area contributed by atoms with E-state index in [2.05, 4.69) is 23.1 Å². The summed E-state index contributed by atoms with van der Waals surface area (Å²) in [4.78, 5) is 13.2. The molecular formula is C17H17NO3. The van der Waals surface area contributed by atoms with E-state index < -0.39 is 5.97 Å². The molecule has 0 radical (unpaired) electrons. The fourth-order valence-corrected chi connectivity index (χ4v) is 2.63. The van der Waals surface area contributed by atoms with Crippen molar-refractivity contribution in [2.75, 3.05) is 24.6 Å². The molecule has 4 nitrogen and oxygen atoms in total. The van der Waals surface area contributed by atoms with Crippen LogP contribution in [-0.2, 0) is 6.42 Å². The molecule has 0 atom stereocenters. The van der Waals surface area contributed by atoms with Gasteiger partial charge in [-0.1, -0.05) is 24.3 Å². The molecule has 0 bridgehead atoms. The molecule has 1 aliphatic heterocycles. The van der Waals surface area contributed by atoms with Crippen molar-refractivity contribution in [2.24, 2.45) is 0 Å². The van der Waals surface area contributed by atoms with Gasteiger partial charge >= 0.3 is 5.97 Å². The van der Waals surface area contributed by atoms with Gasteiger partial charge in [-0.05, 0) is 36.2 Å². The van der Waals surface area contributed by atoms with Gasteiger partial charge in [-0.3, -0.25) is 0 Å². The molecule has 0 unspecified atom stereocenters. The number of hydrogen-bond acceptors (Lipinski definition) is 3. The van der Waals surface area contributed by atoms with Crippen molar-refractivity contribution in [1.29, 1.82) is 0 Å². The number of para-hydroxylation sites is 1. The first-order valence-electron chi connectivity index (χ1n) is 7.03. The van der Waals surface area contributed by atoms with Crippen molar-refractivity contribution >= 4 is 11.7 Å². The lowest BCUT2D eigenvalue weighted by atomic mass is 10.2. The van der Waals surface area contributed by atoms with Gasteiger partial charge in [0.15, 0.2) is 0 Å². The summed E-state index contributed by atoms with van der Waals surface area (Å²) in [7, 11) is 0. The average molecular weight is 283 g/mol. The van der Waals surface area contributed by atoms with E-state index in [1.165, 1.54) is 11.3 Å². The number of benzene rings is 2. The van der Waals surface area contributed by atoms with Gasteiger partial charge in [0.25, 0.3) is 0 Å². The van der Waals surface area contributed by atoms with E-state index in [-0.39, 0.29) is 5.56 Å². The summed E-state index contributed by atoms with van der Waals surface area (Å²) < 4.78 is 5.67. The second kappa shape index (κ2) is 5.87. The topological polar surface area (TPSA) is 49.8 Å². The molecule has 0 saturated heterocycles. The van der Waals surface area contributed by atoms with Crippen LogP contribution < -0.4 is 9.64 Å². The predicted octanol–water partition coefficient (Wildman–Crippen LogP) is 2.83. The van der Waals surface area contributed by atoms with Crippen LogP contribution in [0.25, 0.3) is 0 Å². The van der Waals surface area contributed by atoms with Gasteiger partial charge in [0.05, 0.1) is 12.1 Å². The Bertz CT molecular complexity index is 654. The van der Waals surface area contributed by atoms with Gasteiger partial charge < -0.3 is 14.7 Å². The molecule has 0 fully saturated rings. The van der Waals surface area contributed by atoms with E-state index in [0.717, 1.165) is 19.5 Å². The maximum absolute atomic E-state index is 10.9. The summed E-state index contributed by atoms with van der Waals surface area (Å²) >= 11 is 0. The summed E-state index contributed by atoms with van der Waals surface area (Å²) in [6.07, 6.45) is 1.07. The first-order chi connectivity index (χ1) is 10.2. The van der Waals surface area contributed by atoms with Crippen LogP contribution in [0.4, 0.5) is 5.69 Å². The molecule has 21 heavy (non-hydrogen) atoms. The summed E-state index contributed by atoms with van der Waals surface area (Å²) in [6.45, 7) is 2.35. The van der Waals surface area contributed by atoms with E-state index >= 15 is 0 Å². The Balaban J connectivity index is 1.58. The SMILES string of the molecule is O=C(O)c1cccc(OCCN2CCc3ccccc32)c1. The summed E-state index contributed by atoms with van der Waals surface area (Å²) in [5.74, 6) is -0.337. The third-order valence-corrected chi connectivity index (χ3v) is 3.69. The Hall–Kier alpha value is -2.49. The molecule has 108 valence electrons. The van der Waals surface area contributed by atoms with Crippen molar-refractivity contribution in [3.8, 4) is 5.75 Å². The minimum Gasteiger partial charge on any atom is -0.492 e. The molecule has 0 aliphatic carbocycles. The van der Waals surface area contributed by atoms with E-state index in [1.54, 1.807) is 24.3 Å². The largest absolute Gasteiger partial charge is 0.492 e. The molecule has 1 N–H and O–H groups in total. The van der Waals surface area contributed by atoms with E-state index in [4.69, 9.17) is 9.84 Å². The maximum atomic E-state index is 10.9. The normalized spacial score (nSPS) is 13.0. The zero-order chi connectivity index (χ0) is 14.7. The predicted molar refractivity (Wildman–Crippen MR) is 81.3 cm³/mol. The van der Waals surface area contributed by atoms with Crippen LogP contribution >= 0.6 is 0 Å². The number of carboxylic acids is 1. The van der Waals surface area contributed by atoms with Gasteiger partial charge in [0.2, 0.25) is 0 Å². The van der Waals surface area contributed by atoms with Gasteiger partial charge in [-0.25, -0.2) is 4.79 Å². The molecule has 3 rings (SSSR count). The Labute approximate surface area is 123 Å². The van der Waals surface area contributed by atoms with Crippen molar-refractivity contribution in [1.82, 2.24) is 0 Å². The number of hydrogen-bond donors (Lipinski definition) is 1. The number of aromatic carboxylic acids is 1. The smallest absolute Gasteiger partial charge is 0.335 e. The molecule has 1 aliphatic rings. The van der Waals surface area contributed by atoms with E-state index in [9.17, 15) is 4.79 Å². The summed E-state index contributed by atoms with van der Waals surface area (Å²) in [6, 6.07) is 15.0. The second-order valence-corrected chi connectivity index (χ2v) is 5.05. The fourth-order valence-electron chi connectivity index (χ4n) is 2.63. The lowest BCUT2D eigenvalue weighted by Gasteiger charge is -2.19. The lowest BCUT2D eigenvalue weighted by molar-refractivity contribution is 0.0696. The standard InChI is InChI=1S/C17H17NO3/c19-17(20)14-5-3-6-15(12-14)21-11-10-18-9-8-13-4-1-2-7-16(13)18/h1-7,12H,8-11H2,(H,19,20). The monoisotopic (exact) mass is 283 g/mol. The molecule has 4 heteroatoms. The van der Waals surface area contributed by atoms with Crippen LogP contribution in [0, 0.1) is 0 Å². The number of rotatable bonds is 5. The highest BCUT2D eigenvalue weighted by molar-refractivity contribution is 5.88. The second-order valence-electron chi connectivity index (χ2n) is 5.05. The Morgan fingerprint density at radius 3 is 2.90 bits per heavy atom. The number of fused-ring (bicyclic) bond motifs is 1. The zero-order valence-corrected chi connectivity index (χ0v) is 11.7. The number of ether oxygens (including phenoxy) is 1. The van der Waals surface area contributed by atoms with Gasteiger partial charge in [0.1, 0.15) is 12.4 Å². The van der Waals surface area contributed by atoms with E-state index in [0.29, 0.717) is 12.4 Å². The van der Waals surface area contributed by atoms with Crippen LogP contribution in [-0.4, -0.2) is 30.8 Å². The molecule has 0 spiro atoms. The highest BCUT2D eigenvalue weighted by atomic mass is 16.5. The number of nitrogens with zero attached hydrogens (tertiary/aromatic N) is 1. The first-order valence-corrected chi connectivity index (χ1v) is 7.03. The van der Waals surface area contributed by atoms with Crippen LogP contribution in [0.1, 0.15) is 15.9 Å². The van der Waals surface area contributed by atoms with Crippen LogP contribution in [0.2, 0.25) is 0 Å². The van der Waals surface area contributed by atoms with Crippen LogP contribution in [0.15, 0.2) is 48.5 Å². The Morgan fingerprint density at radius 2 is 2.05 bits per heavy atom. The Kier molecular flexibility index (Phi) is 3.77. The van der Waals surface area contributed by atoms with Crippen LogP contribution in [0.3, 0.4) is 0 Å². The van der Waals surface area contributed by atoms with Gasteiger partial charge in [-0.2, -0.15) is 0 Å². The highest BCUT2D eigenvalue weighted by Gasteiger charge is 2.17. The van der Waals surface area contributed by atoms with Gasteiger partial charge in [0, 0.05) is 12.2 Å². The third-order valence-electron chi connectivity index (χ3n) is 3.69. The quantitative estimate of drug-likeness (QED) is 0.916. The van der Waals surface area contributed by atoms with Crippen LogP contribution in [0.5, 0.6) is 5.75 Å². The number of carbonyl (C=O) groups is 1. The summed E-state index contributed by atoms with van der Waals surface area (Å²) in [5, 5.41) is 8.95. The molecule has 0 amide bonds. The fraction of sp³-hybridized carbons (Fsp3) is 0.235. The molecule has 2 aromatic rings. The molecule has 2 aromatic carbocycles. The third kappa shape index (κ3) is 2.99. The number of anilines is 1. The van der Waals surface area contributed by atoms with Crippen molar-refractivity contribution < 1.29 is 14.6 Å². The Morgan fingerprint density at radius 1 is 1.19 bits per heavy atom. The molecule has 0 aromatic heterocycles. The highest BCUT2D eigenvalue weighted by Crippen LogP contribution is 2.26. The molecule has 1 heterocycles. The van der Waals surface area contributed by atoms with Crippen molar-refractivity contribution in [3.05, 3.63) is 59.7 Å². The summed E-state index contributed by atoms with van der Waals surface area (Å²) in [5.41, 5.74) is 2.91. The minimum atomic E-state index is -0.936. The first kappa shape index (κ1) is 13.5. The minimum absolute atomic E-state index is 0.249. The van der Waals surface area contributed by atoms with Gasteiger partial charge in [-0.15, -0.1) is 0 Å². The van der Waals surface area contributed by atoms with Crippen molar-refractivity contribution in [3.63, 3.8) is 0 Å². The molecular weight excluding hydrogens is 266 g/mol. The van der Waals surface area contributed by atoms with E-state index in [1.807, 2.05) is 6.07 Å². The zero-order valence-electron chi connectivity index (χ0n) is 11.7. The maximum Gasteiger partial charge on any atom is 0.335 e. The average Bonchev–Trinajstić information content (AvgIpc) is 2.91. The lowest BCUT2D eigenvalue weighted by Crippen LogP contribution is -2.26.